The Bertz CT molecular complexity index is 486. The zero-order valence-electron chi connectivity index (χ0n) is 13.1. The van der Waals surface area contributed by atoms with Crippen LogP contribution >= 0.6 is 0 Å². The topological polar surface area (TPSA) is 186 Å². The zero-order valence-corrected chi connectivity index (χ0v) is 13.1. The summed E-state index contributed by atoms with van der Waals surface area (Å²) in [7, 11) is 0. The van der Waals surface area contributed by atoms with Crippen molar-refractivity contribution in [3.63, 3.8) is 0 Å². The van der Waals surface area contributed by atoms with E-state index in [9.17, 15) is 9.59 Å². The summed E-state index contributed by atoms with van der Waals surface area (Å²) in [4.78, 5) is 47.7. The Morgan fingerprint density at radius 1 is 0.542 bits per heavy atom. The predicted octanol–water partition coefficient (Wildman–Crippen LogP) is 1.36. The Labute approximate surface area is 136 Å². The first-order chi connectivity index (χ1) is 10.8. The summed E-state index contributed by atoms with van der Waals surface area (Å²) in [6.45, 7) is 3.25. The van der Waals surface area contributed by atoms with Crippen LogP contribution < -0.4 is 0 Å². The summed E-state index contributed by atoms with van der Waals surface area (Å²) in [6, 6.07) is 5.02. The highest BCUT2D eigenvalue weighted by Crippen LogP contribution is 2.03. The first-order valence-electron chi connectivity index (χ1n) is 5.96. The SMILES string of the molecule is CC(=O)O.CC(=O)O.CC(=O)O.O=C(O)c1ccc(C(=O)O)cc1. The number of aliphatic carboxylic acids is 3. The fraction of sp³-hybridized carbons (Fsp3) is 0.214. The summed E-state index contributed by atoms with van der Waals surface area (Å²) in [6.07, 6.45) is 0. The van der Waals surface area contributed by atoms with E-state index >= 15 is 0 Å². The molecule has 0 saturated heterocycles. The van der Waals surface area contributed by atoms with E-state index in [0.29, 0.717) is 0 Å². The maximum Gasteiger partial charge on any atom is 0.335 e. The number of rotatable bonds is 2. The van der Waals surface area contributed by atoms with Gasteiger partial charge in [-0.25, -0.2) is 9.59 Å². The summed E-state index contributed by atoms with van der Waals surface area (Å²) < 4.78 is 0. The van der Waals surface area contributed by atoms with Crippen molar-refractivity contribution in [3.8, 4) is 0 Å². The minimum absolute atomic E-state index is 0.0833. The fourth-order valence-corrected chi connectivity index (χ4v) is 0.755. The molecule has 10 heteroatoms. The van der Waals surface area contributed by atoms with Crippen molar-refractivity contribution in [3.05, 3.63) is 35.4 Å². The molecule has 0 aliphatic carbocycles. The molecule has 0 heterocycles. The molecule has 134 valence electrons. The van der Waals surface area contributed by atoms with Crippen LogP contribution in [0.25, 0.3) is 0 Å². The molecule has 0 aliphatic heterocycles. The molecule has 1 aromatic carbocycles. The Morgan fingerprint density at radius 3 is 0.750 bits per heavy atom. The maximum absolute atomic E-state index is 10.3. The lowest BCUT2D eigenvalue weighted by molar-refractivity contribution is -0.135. The van der Waals surface area contributed by atoms with Gasteiger partial charge in [0, 0.05) is 20.8 Å². The molecule has 0 amide bonds. The van der Waals surface area contributed by atoms with Crippen LogP contribution in [0.3, 0.4) is 0 Å². The van der Waals surface area contributed by atoms with E-state index < -0.39 is 29.8 Å². The molecule has 5 N–H and O–H groups in total. The number of carboxylic acids is 5. The molecule has 1 aromatic rings. The van der Waals surface area contributed by atoms with Crippen LogP contribution in [0.15, 0.2) is 24.3 Å². The van der Waals surface area contributed by atoms with Crippen molar-refractivity contribution in [2.45, 2.75) is 20.8 Å². The number of carboxylic acid groups (broad SMARTS) is 5. The van der Waals surface area contributed by atoms with Gasteiger partial charge in [-0.2, -0.15) is 0 Å². The predicted molar refractivity (Wildman–Crippen MR) is 80.3 cm³/mol. The average Bonchev–Trinajstić information content (AvgIpc) is 2.36. The minimum Gasteiger partial charge on any atom is -0.481 e. The minimum atomic E-state index is -1.06. The monoisotopic (exact) mass is 346 g/mol. The van der Waals surface area contributed by atoms with Crippen LogP contribution in [-0.4, -0.2) is 55.4 Å². The highest BCUT2D eigenvalue weighted by molar-refractivity contribution is 5.91. The molecule has 0 aliphatic rings. The molecular formula is C14H18O10. The summed E-state index contributed by atoms with van der Waals surface area (Å²) >= 11 is 0. The van der Waals surface area contributed by atoms with Crippen LogP contribution in [0, 0.1) is 0 Å². The molecule has 0 aromatic heterocycles. The summed E-state index contributed by atoms with van der Waals surface area (Å²) in [5.74, 6) is -4.63. The quantitative estimate of drug-likeness (QED) is 0.523. The number of hydrogen-bond donors (Lipinski definition) is 5. The lowest BCUT2D eigenvalue weighted by Crippen LogP contribution is -1.99. The van der Waals surface area contributed by atoms with Gasteiger partial charge in [0.2, 0.25) is 0 Å². The van der Waals surface area contributed by atoms with E-state index in [1.54, 1.807) is 0 Å². The smallest absolute Gasteiger partial charge is 0.335 e. The van der Waals surface area contributed by atoms with Gasteiger partial charge in [0.25, 0.3) is 17.9 Å². The maximum atomic E-state index is 10.3. The summed E-state index contributed by atoms with van der Waals surface area (Å²) in [5, 5.41) is 39.2. The zero-order chi connectivity index (χ0) is 19.9. The van der Waals surface area contributed by atoms with Gasteiger partial charge in [-0.3, -0.25) is 14.4 Å². The molecule has 0 atom stereocenters. The molecule has 0 radical (unpaired) electrons. The molecule has 0 fully saturated rings. The molecular weight excluding hydrogens is 328 g/mol. The van der Waals surface area contributed by atoms with Gasteiger partial charge in [0.15, 0.2) is 0 Å². The molecule has 0 spiro atoms. The van der Waals surface area contributed by atoms with Crippen LogP contribution in [0.1, 0.15) is 41.5 Å². The van der Waals surface area contributed by atoms with Crippen molar-refractivity contribution in [1.82, 2.24) is 0 Å². The van der Waals surface area contributed by atoms with E-state index in [1.807, 2.05) is 0 Å². The fourth-order valence-electron chi connectivity index (χ4n) is 0.755. The molecule has 10 nitrogen and oxygen atoms in total. The normalized spacial score (nSPS) is 7.79. The van der Waals surface area contributed by atoms with E-state index in [0.717, 1.165) is 20.8 Å². The number of carbonyl (C=O) groups is 5. The lowest BCUT2D eigenvalue weighted by atomic mass is 10.1. The van der Waals surface area contributed by atoms with E-state index in [-0.39, 0.29) is 11.1 Å². The molecule has 0 unspecified atom stereocenters. The summed E-state index contributed by atoms with van der Waals surface area (Å²) in [5.41, 5.74) is 0.167. The van der Waals surface area contributed by atoms with Crippen molar-refractivity contribution in [2.75, 3.05) is 0 Å². The Hall–Kier alpha value is -3.43. The second-order valence-electron chi connectivity index (χ2n) is 3.74. The van der Waals surface area contributed by atoms with Gasteiger partial charge in [0.1, 0.15) is 0 Å². The third-order valence-corrected chi connectivity index (χ3v) is 1.38. The average molecular weight is 346 g/mol. The van der Waals surface area contributed by atoms with E-state index in [4.69, 9.17) is 39.9 Å². The highest BCUT2D eigenvalue weighted by atomic mass is 16.4. The van der Waals surface area contributed by atoms with Gasteiger partial charge < -0.3 is 25.5 Å². The Balaban J connectivity index is -0.000000304. The van der Waals surface area contributed by atoms with Gasteiger partial charge in [-0.15, -0.1) is 0 Å². The lowest BCUT2D eigenvalue weighted by Gasteiger charge is -1.94. The third-order valence-electron chi connectivity index (χ3n) is 1.38. The number of benzene rings is 1. The van der Waals surface area contributed by atoms with Gasteiger partial charge in [-0.1, -0.05) is 0 Å². The molecule has 0 bridgehead atoms. The van der Waals surface area contributed by atoms with Crippen molar-refractivity contribution >= 4 is 29.8 Å². The first kappa shape index (κ1) is 25.5. The van der Waals surface area contributed by atoms with Crippen molar-refractivity contribution in [2.24, 2.45) is 0 Å². The molecule has 1 rings (SSSR count). The van der Waals surface area contributed by atoms with Crippen LogP contribution in [0.2, 0.25) is 0 Å². The number of aromatic carboxylic acids is 2. The van der Waals surface area contributed by atoms with Crippen LogP contribution in [-0.2, 0) is 14.4 Å². The largest absolute Gasteiger partial charge is 0.481 e. The second kappa shape index (κ2) is 14.5. The van der Waals surface area contributed by atoms with Crippen molar-refractivity contribution < 1.29 is 49.5 Å². The van der Waals surface area contributed by atoms with Crippen LogP contribution in [0.5, 0.6) is 0 Å². The Morgan fingerprint density at radius 2 is 0.667 bits per heavy atom. The van der Waals surface area contributed by atoms with Gasteiger partial charge in [-0.05, 0) is 24.3 Å². The highest BCUT2D eigenvalue weighted by Gasteiger charge is 2.04. The standard InChI is InChI=1S/C8H6O4.3C2H4O2/c9-7(10)5-1-2-6(4-3-5)8(11)12;3*1-2(3)4/h1-4H,(H,9,10)(H,11,12);3*1H3,(H,3,4). The number of hydrogen-bond acceptors (Lipinski definition) is 5. The molecule has 0 saturated carbocycles. The van der Waals surface area contributed by atoms with Gasteiger partial charge in [0.05, 0.1) is 11.1 Å². The van der Waals surface area contributed by atoms with Gasteiger partial charge >= 0.3 is 11.9 Å². The first-order valence-corrected chi connectivity index (χ1v) is 5.96. The third kappa shape index (κ3) is 27.0. The molecule has 24 heavy (non-hydrogen) atoms. The van der Waals surface area contributed by atoms with Crippen LogP contribution in [0.4, 0.5) is 0 Å². The van der Waals surface area contributed by atoms with E-state index in [2.05, 4.69) is 0 Å². The van der Waals surface area contributed by atoms with Crippen molar-refractivity contribution in [1.29, 1.82) is 0 Å². The van der Waals surface area contributed by atoms with E-state index in [1.165, 1.54) is 24.3 Å². The second-order valence-corrected chi connectivity index (χ2v) is 3.74. The Kier molecular flexibility index (Phi) is 15.4.